The summed E-state index contributed by atoms with van der Waals surface area (Å²) < 4.78 is 5.26. The van der Waals surface area contributed by atoms with Crippen LogP contribution in [0.25, 0.3) is 0 Å². The van der Waals surface area contributed by atoms with Gasteiger partial charge in [-0.1, -0.05) is 25.0 Å². The van der Waals surface area contributed by atoms with Gasteiger partial charge in [-0.25, -0.2) is 0 Å². The SMILES string of the molecule is COc1cccc(C(CN)[C@@H]2CCCC[C@@H]2O)c1. The van der Waals surface area contributed by atoms with Gasteiger partial charge in [-0.3, -0.25) is 0 Å². The van der Waals surface area contributed by atoms with Crippen LogP contribution < -0.4 is 10.5 Å². The first kappa shape index (κ1) is 13.4. The topological polar surface area (TPSA) is 55.5 Å². The molecule has 18 heavy (non-hydrogen) atoms. The van der Waals surface area contributed by atoms with Crippen LogP contribution in [0.5, 0.6) is 5.75 Å². The van der Waals surface area contributed by atoms with Crippen LogP contribution >= 0.6 is 0 Å². The molecule has 1 aliphatic carbocycles. The van der Waals surface area contributed by atoms with Gasteiger partial charge in [0.25, 0.3) is 0 Å². The molecule has 0 aliphatic heterocycles. The molecule has 1 aliphatic rings. The number of aliphatic hydroxyl groups excluding tert-OH is 1. The molecule has 1 aromatic carbocycles. The Bertz CT molecular complexity index is 381. The second-order valence-corrected chi connectivity index (χ2v) is 5.13. The average Bonchev–Trinajstić information content (AvgIpc) is 2.42. The third-order valence-electron chi connectivity index (χ3n) is 4.07. The van der Waals surface area contributed by atoms with E-state index < -0.39 is 0 Å². The van der Waals surface area contributed by atoms with Crippen LogP contribution in [0, 0.1) is 5.92 Å². The van der Waals surface area contributed by atoms with Gasteiger partial charge in [-0.2, -0.15) is 0 Å². The minimum absolute atomic E-state index is 0.210. The normalized spacial score (nSPS) is 25.7. The van der Waals surface area contributed by atoms with Gasteiger partial charge in [0.2, 0.25) is 0 Å². The molecule has 0 radical (unpaired) electrons. The number of ether oxygens (including phenoxy) is 1. The number of methoxy groups -OCH3 is 1. The van der Waals surface area contributed by atoms with Gasteiger partial charge in [-0.15, -0.1) is 0 Å². The molecule has 0 spiro atoms. The third-order valence-corrected chi connectivity index (χ3v) is 4.07. The molecular weight excluding hydrogens is 226 g/mol. The van der Waals surface area contributed by atoms with Crippen LogP contribution in [0.4, 0.5) is 0 Å². The molecule has 1 fully saturated rings. The predicted octanol–water partition coefficient (Wildman–Crippen LogP) is 2.29. The van der Waals surface area contributed by atoms with Gasteiger partial charge in [0.1, 0.15) is 5.75 Å². The maximum absolute atomic E-state index is 10.2. The molecule has 0 amide bonds. The van der Waals surface area contributed by atoms with E-state index >= 15 is 0 Å². The van der Waals surface area contributed by atoms with Crippen LogP contribution in [0.1, 0.15) is 37.2 Å². The Morgan fingerprint density at radius 2 is 2.17 bits per heavy atom. The Hall–Kier alpha value is -1.06. The molecule has 0 bridgehead atoms. The Morgan fingerprint density at radius 1 is 1.39 bits per heavy atom. The molecule has 3 atom stereocenters. The molecule has 1 aromatic rings. The summed E-state index contributed by atoms with van der Waals surface area (Å²) in [5, 5.41) is 10.2. The van der Waals surface area contributed by atoms with E-state index in [1.54, 1.807) is 7.11 Å². The van der Waals surface area contributed by atoms with Gasteiger partial charge in [-0.05, 0) is 43.0 Å². The largest absolute Gasteiger partial charge is 0.497 e. The van der Waals surface area contributed by atoms with Crippen LogP contribution in [-0.2, 0) is 0 Å². The summed E-state index contributed by atoms with van der Waals surface area (Å²) in [5.74, 6) is 1.38. The zero-order valence-electron chi connectivity index (χ0n) is 11.0. The molecule has 0 saturated heterocycles. The molecule has 100 valence electrons. The molecule has 1 unspecified atom stereocenters. The summed E-state index contributed by atoms with van der Waals surface area (Å²) in [7, 11) is 1.67. The summed E-state index contributed by atoms with van der Waals surface area (Å²) in [6.07, 6.45) is 4.10. The molecule has 1 saturated carbocycles. The zero-order valence-corrected chi connectivity index (χ0v) is 11.0. The second-order valence-electron chi connectivity index (χ2n) is 5.13. The highest BCUT2D eigenvalue weighted by atomic mass is 16.5. The Kier molecular flexibility index (Phi) is 4.61. The lowest BCUT2D eigenvalue weighted by Gasteiger charge is -2.34. The van der Waals surface area contributed by atoms with Gasteiger partial charge in [0.15, 0.2) is 0 Å². The van der Waals surface area contributed by atoms with Crippen LogP contribution in [0.3, 0.4) is 0 Å². The summed E-state index contributed by atoms with van der Waals surface area (Å²) in [5.41, 5.74) is 7.12. The van der Waals surface area contributed by atoms with Crippen molar-refractivity contribution in [2.24, 2.45) is 11.7 Å². The summed E-state index contributed by atoms with van der Waals surface area (Å²) >= 11 is 0. The van der Waals surface area contributed by atoms with Crippen LogP contribution in [0.2, 0.25) is 0 Å². The molecule has 0 aromatic heterocycles. The van der Waals surface area contributed by atoms with E-state index in [1.807, 2.05) is 18.2 Å². The Labute approximate surface area is 109 Å². The van der Waals surface area contributed by atoms with E-state index in [0.29, 0.717) is 6.54 Å². The van der Waals surface area contributed by atoms with Crippen LogP contribution in [-0.4, -0.2) is 24.9 Å². The van der Waals surface area contributed by atoms with Crippen molar-refractivity contribution in [3.05, 3.63) is 29.8 Å². The summed E-state index contributed by atoms with van der Waals surface area (Å²) in [6, 6.07) is 8.06. The highest BCUT2D eigenvalue weighted by molar-refractivity contribution is 5.31. The minimum Gasteiger partial charge on any atom is -0.497 e. The fourth-order valence-corrected chi connectivity index (χ4v) is 3.04. The fourth-order valence-electron chi connectivity index (χ4n) is 3.04. The molecule has 3 N–H and O–H groups in total. The van der Waals surface area contributed by atoms with E-state index in [4.69, 9.17) is 10.5 Å². The predicted molar refractivity (Wildman–Crippen MR) is 72.8 cm³/mol. The lowest BCUT2D eigenvalue weighted by molar-refractivity contribution is 0.0560. The fraction of sp³-hybridized carbons (Fsp3) is 0.600. The van der Waals surface area contributed by atoms with Crippen molar-refractivity contribution in [2.45, 2.75) is 37.7 Å². The number of aliphatic hydroxyl groups is 1. The maximum atomic E-state index is 10.2. The first-order valence-corrected chi connectivity index (χ1v) is 6.78. The Balaban J connectivity index is 2.20. The van der Waals surface area contributed by atoms with E-state index in [2.05, 4.69) is 6.07 Å². The first-order chi connectivity index (χ1) is 8.76. The number of nitrogens with two attached hydrogens (primary N) is 1. The van der Waals surface area contributed by atoms with Crippen molar-refractivity contribution in [3.8, 4) is 5.75 Å². The van der Waals surface area contributed by atoms with Gasteiger partial charge in [0, 0.05) is 5.92 Å². The molecule has 3 nitrogen and oxygen atoms in total. The molecular formula is C15H23NO2. The number of benzene rings is 1. The van der Waals surface area contributed by atoms with Gasteiger partial charge < -0.3 is 15.6 Å². The van der Waals surface area contributed by atoms with Crippen LogP contribution in [0.15, 0.2) is 24.3 Å². The third kappa shape index (κ3) is 2.85. The Morgan fingerprint density at radius 3 is 2.83 bits per heavy atom. The standard InChI is InChI=1S/C15H23NO2/c1-18-12-6-4-5-11(9-12)14(10-16)13-7-2-3-8-15(13)17/h4-6,9,13-15,17H,2-3,7-8,10,16H2,1H3/t13-,14?,15-/m0/s1. The van der Waals surface area contributed by atoms with Crippen molar-refractivity contribution in [1.29, 1.82) is 0 Å². The number of hydrogen-bond acceptors (Lipinski definition) is 3. The zero-order chi connectivity index (χ0) is 13.0. The molecule has 0 heterocycles. The van der Waals surface area contributed by atoms with Crippen molar-refractivity contribution < 1.29 is 9.84 Å². The van der Waals surface area contributed by atoms with Crippen molar-refractivity contribution in [1.82, 2.24) is 0 Å². The number of hydrogen-bond donors (Lipinski definition) is 2. The van der Waals surface area contributed by atoms with Crippen molar-refractivity contribution in [3.63, 3.8) is 0 Å². The lowest BCUT2D eigenvalue weighted by atomic mass is 9.75. The van der Waals surface area contributed by atoms with E-state index in [0.717, 1.165) is 25.0 Å². The molecule has 3 heteroatoms. The van der Waals surface area contributed by atoms with E-state index in [1.165, 1.54) is 12.0 Å². The maximum Gasteiger partial charge on any atom is 0.119 e. The monoisotopic (exact) mass is 249 g/mol. The van der Waals surface area contributed by atoms with E-state index in [-0.39, 0.29) is 17.9 Å². The minimum atomic E-state index is -0.210. The molecule has 2 rings (SSSR count). The van der Waals surface area contributed by atoms with Crippen molar-refractivity contribution in [2.75, 3.05) is 13.7 Å². The van der Waals surface area contributed by atoms with E-state index in [9.17, 15) is 5.11 Å². The number of rotatable bonds is 4. The second kappa shape index (κ2) is 6.21. The lowest BCUT2D eigenvalue weighted by Crippen LogP contribution is -2.33. The van der Waals surface area contributed by atoms with Gasteiger partial charge >= 0.3 is 0 Å². The highest BCUT2D eigenvalue weighted by Crippen LogP contribution is 2.36. The highest BCUT2D eigenvalue weighted by Gasteiger charge is 2.30. The smallest absolute Gasteiger partial charge is 0.119 e. The quantitative estimate of drug-likeness (QED) is 0.860. The average molecular weight is 249 g/mol. The van der Waals surface area contributed by atoms with Crippen molar-refractivity contribution >= 4 is 0 Å². The summed E-state index contributed by atoms with van der Waals surface area (Å²) in [6.45, 7) is 0.578. The summed E-state index contributed by atoms with van der Waals surface area (Å²) in [4.78, 5) is 0. The van der Waals surface area contributed by atoms with Gasteiger partial charge in [0.05, 0.1) is 13.2 Å². The first-order valence-electron chi connectivity index (χ1n) is 6.78.